The van der Waals surface area contributed by atoms with Gasteiger partial charge < -0.3 is 10.6 Å². The molecule has 0 bridgehead atoms. The Morgan fingerprint density at radius 3 is 2.81 bits per heavy atom. The summed E-state index contributed by atoms with van der Waals surface area (Å²) in [5.41, 5.74) is 6.95. The summed E-state index contributed by atoms with van der Waals surface area (Å²) in [6.45, 7) is 8.07. The summed E-state index contributed by atoms with van der Waals surface area (Å²) in [7, 11) is 0. The molecular weight excluding hydrogens is 198 g/mol. The van der Waals surface area contributed by atoms with Gasteiger partial charge in [-0.3, -0.25) is 0 Å². The third kappa shape index (κ3) is 2.13. The third-order valence-corrected chi connectivity index (χ3v) is 3.69. The van der Waals surface area contributed by atoms with Gasteiger partial charge in [-0.25, -0.2) is 4.98 Å². The first kappa shape index (κ1) is 11.2. The standard InChI is InChI=1S/C13H21N3/c1-9-6-10(2)11(3)16(8-9)12-4-5-15-13(14)7-12/h4-5,7,9-11H,6,8H2,1-3H3,(H2,14,15). The van der Waals surface area contributed by atoms with E-state index in [1.165, 1.54) is 12.1 Å². The van der Waals surface area contributed by atoms with E-state index >= 15 is 0 Å². The summed E-state index contributed by atoms with van der Waals surface area (Å²) in [5, 5.41) is 0. The van der Waals surface area contributed by atoms with Gasteiger partial charge >= 0.3 is 0 Å². The van der Waals surface area contributed by atoms with Gasteiger partial charge in [-0.2, -0.15) is 0 Å². The predicted molar refractivity (Wildman–Crippen MR) is 68.4 cm³/mol. The Morgan fingerprint density at radius 1 is 1.38 bits per heavy atom. The monoisotopic (exact) mass is 219 g/mol. The number of pyridine rings is 1. The first-order valence-corrected chi connectivity index (χ1v) is 6.06. The van der Waals surface area contributed by atoms with Crippen LogP contribution in [0.3, 0.4) is 0 Å². The van der Waals surface area contributed by atoms with E-state index in [4.69, 9.17) is 5.73 Å². The lowest BCUT2D eigenvalue weighted by Gasteiger charge is -2.42. The minimum absolute atomic E-state index is 0.581. The van der Waals surface area contributed by atoms with Crippen LogP contribution >= 0.6 is 0 Å². The number of nitrogens with two attached hydrogens (primary N) is 1. The minimum atomic E-state index is 0.581. The van der Waals surface area contributed by atoms with Crippen LogP contribution in [0.25, 0.3) is 0 Å². The van der Waals surface area contributed by atoms with Crippen LogP contribution < -0.4 is 10.6 Å². The number of aromatic nitrogens is 1. The highest BCUT2D eigenvalue weighted by atomic mass is 15.2. The fraction of sp³-hybridized carbons (Fsp3) is 0.615. The zero-order valence-electron chi connectivity index (χ0n) is 10.4. The number of nitrogens with zero attached hydrogens (tertiary/aromatic N) is 2. The Morgan fingerprint density at radius 2 is 2.12 bits per heavy atom. The second-order valence-corrected chi connectivity index (χ2v) is 5.15. The van der Waals surface area contributed by atoms with Gasteiger partial charge in [-0.1, -0.05) is 13.8 Å². The number of piperidine rings is 1. The van der Waals surface area contributed by atoms with Crippen LogP contribution in [0.2, 0.25) is 0 Å². The number of rotatable bonds is 1. The second-order valence-electron chi connectivity index (χ2n) is 5.15. The van der Waals surface area contributed by atoms with Crippen LogP contribution in [0.5, 0.6) is 0 Å². The average molecular weight is 219 g/mol. The van der Waals surface area contributed by atoms with Gasteiger partial charge in [0.2, 0.25) is 0 Å². The van der Waals surface area contributed by atoms with Crippen LogP contribution in [0.15, 0.2) is 18.3 Å². The van der Waals surface area contributed by atoms with Crippen molar-refractivity contribution < 1.29 is 0 Å². The quantitative estimate of drug-likeness (QED) is 0.789. The van der Waals surface area contributed by atoms with Crippen molar-refractivity contribution in [3.8, 4) is 0 Å². The molecule has 2 N–H and O–H groups in total. The van der Waals surface area contributed by atoms with Crippen LogP contribution in [-0.4, -0.2) is 17.6 Å². The van der Waals surface area contributed by atoms with E-state index < -0.39 is 0 Å². The molecule has 2 heterocycles. The van der Waals surface area contributed by atoms with Crippen LogP contribution in [0.1, 0.15) is 27.2 Å². The number of anilines is 2. The third-order valence-electron chi connectivity index (χ3n) is 3.69. The zero-order valence-corrected chi connectivity index (χ0v) is 10.4. The van der Waals surface area contributed by atoms with Crippen molar-refractivity contribution in [2.24, 2.45) is 11.8 Å². The van der Waals surface area contributed by atoms with E-state index in [0.29, 0.717) is 11.9 Å². The van der Waals surface area contributed by atoms with Crippen molar-refractivity contribution in [1.29, 1.82) is 0 Å². The van der Waals surface area contributed by atoms with E-state index in [1.54, 1.807) is 6.20 Å². The maximum Gasteiger partial charge on any atom is 0.125 e. The van der Waals surface area contributed by atoms with Crippen molar-refractivity contribution in [1.82, 2.24) is 4.98 Å². The normalized spacial score (nSPS) is 30.4. The van der Waals surface area contributed by atoms with E-state index in [2.05, 4.69) is 36.7 Å². The Kier molecular flexibility index (Phi) is 3.03. The fourth-order valence-electron chi connectivity index (χ4n) is 2.67. The van der Waals surface area contributed by atoms with Crippen molar-refractivity contribution in [2.75, 3.05) is 17.2 Å². The summed E-state index contributed by atoms with van der Waals surface area (Å²) in [6.07, 6.45) is 3.11. The van der Waals surface area contributed by atoms with E-state index in [9.17, 15) is 0 Å². The maximum atomic E-state index is 5.74. The van der Waals surface area contributed by atoms with E-state index in [0.717, 1.165) is 18.4 Å². The number of hydrogen-bond acceptors (Lipinski definition) is 3. The lowest BCUT2D eigenvalue weighted by Crippen LogP contribution is -2.45. The van der Waals surface area contributed by atoms with Gasteiger partial charge in [-0.15, -0.1) is 0 Å². The molecule has 16 heavy (non-hydrogen) atoms. The van der Waals surface area contributed by atoms with Crippen LogP contribution in [0.4, 0.5) is 11.5 Å². The summed E-state index contributed by atoms with van der Waals surface area (Å²) < 4.78 is 0. The highest BCUT2D eigenvalue weighted by molar-refractivity contribution is 5.53. The second kappa shape index (κ2) is 4.32. The summed E-state index contributed by atoms with van der Waals surface area (Å²) in [4.78, 5) is 6.50. The van der Waals surface area contributed by atoms with Gasteiger partial charge in [0.1, 0.15) is 5.82 Å². The molecule has 0 aromatic carbocycles. The van der Waals surface area contributed by atoms with E-state index in [1.807, 2.05) is 6.07 Å². The smallest absolute Gasteiger partial charge is 0.125 e. The molecule has 3 unspecified atom stereocenters. The van der Waals surface area contributed by atoms with Gasteiger partial charge in [-0.05, 0) is 31.2 Å². The SMILES string of the molecule is CC1CC(C)C(C)N(c2ccnc(N)c2)C1. The van der Waals surface area contributed by atoms with Crippen LogP contribution in [0, 0.1) is 11.8 Å². The molecule has 0 saturated carbocycles. The summed E-state index contributed by atoms with van der Waals surface area (Å²) in [6, 6.07) is 4.61. The Hall–Kier alpha value is -1.25. The molecule has 0 radical (unpaired) electrons. The van der Waals surface area contributed by atoms with Crippen molar-refractivity contribution in [2.45, 2.75) is 33.2 Å². The molecule has 0 spiro atoms. The molecular formula is C13H21N3. The molecule has 2 rings (SSSR count). The summed E-state index contributed by atoms with van der Waals surface area (Å²) >= 11 is 0. The zero-order chi connectivity index (χ0) is 11.7. The summed E-state index contributed by atoms with van der Waals surface area (Å²) in [5.74, 6) is 2.09. The number of nitrogen functional groups attached to an aromatic ring is 1. The molecule has 3 heteroatoms. The number of hydrogen-bond donors (Lipinski definition) is 1. The molecule has 0 aliphatic carbocycles. The molecule has 1 aliphatic rings. The molecule has 1 aromatic heterocycles. The highest BCUT2D eigenvalue weighted by Gasteiger charge is 2.28. The maximum absolute atomic E-state index is 5.74. The van der Waals surface area contributed by atoms with Gasteiger partial charge in [0, 0.05) is 30.5 Å². The van der Waals surface area contributed by atoms with Gasteiger partial charge in [0.05, 0.1) is 0 Å². The van der Waals surface area contributed by atoms with E-state index in [-0.39, 0.29) is 0 Å². The molecule has 88 valence electrons. The molecule has 1 fully saturated rings. The van der Waals surface area contributed by atoms with Crippen molar-refractivity contribution >= 4 is 11.5 Å². The molecule has 3 nitrogen and oxygen atoms in total. The lowest BCUT2D eigenvalue weighted by atomic mass is 9.85. The van der Waals surface area contributed by atoms with Gasteiger partial charge in [0.25, 0.3) is 0 Å². The van der Waals surface area contributed by atoms with Crippen molar-refractivity contribution in [3.05, 3.63) is 18.3 Å². The first-order chi connectivity index (χ1) is 7.58. The molecule has 1 aliphatic heterocycles. The molecule has 3 atom stereocenters. The Balaban J connectivity index is 2.25. The Bertz CT molecular complexity index is 364. The first-order valence-electron chi connectivity index (χ1n) is 6.06. The largest absolute Gasteiger partial charge is 0.384 e. The van der Waals surface area contributed by atoms with Crippen molar-refractivity contribution in [3.63, 3.8) is 0 Å². The topological polar surface area (TPSA) is 42.2 Å². The fourth-order valence-corrected chi connectivity index (χ4v) is 2.67. The predicted octanol–water partition coefficient (Wildman–Crippen LogP) is 2.53. The average Bonchev–Trinajstić information content (AvgIpc) is 2.23. The van der Waals surface area contributed by atoms with Crippen LogP contribution in [-0.2, 0) is 0 Å². The highest BCUT2D eigenvalue weighted by Crippen LogP contribution is 2.31. The van der Waals surface area contributed by atoms with Gasteiger partial charge in [0.15, 0.2) is 0 Å². The molecule has 0 amide bonds. The Labute approximate surface area is 97.7 Å². The lowest BCUT2D eigenvalue weighted by molar-refractivity contribution is 0.297. The molecule has 1 aromatic rings. The minimum Gasteiger partial charge on any atom is -0.384 e. The molecule has 1 saturated heterocycles.